The van der Waals surface area contributed by atoms with Crippen LogP contribution in [0.3, 0.4) is 0 Å². The Hall–Kier alpha value is -3.06. The number of hydrogen-bond acceptors (Lipinski definition) is 5. The number of benzene rings is 2. The summed E-state index contributed by atoms with van der Waals surface area (Å²) in [7, 11) is 1.66. The molecule has 148 valence electrons. The number of hydrogen-bond donors (Lipinski definition) is 2. The second-order valence-electron chi connectivity index (χ2n) is 6.73. The molecule has 28 heavy (non-hydrogen) atoms. The molecule has 1 saturated heterocycles. The molecule has 1 heterocycles. The third-order valence-corrected chi connectivity index (χ3v) is 4.93. The van der Waals surface area contributed by atoms with E-state index in [1.807, 2.05) is 12.1 Å². The van der Waals surface area contributed by atoms with Crippen LogP contribution in [0, 0.1) is 0 Å². The number of nitrogens with one attached hydrogen (secondary N) is 1. The molecule has 3 rings (SSSR count). The summed E-state index contributed by atoms with van der Waals surface area (Å²) in [5.74, 6) is 0.183. The number of nitrogens with two attached hydrogens (primary N) is 1. The number of methoxy groups -OCH3 is 1. The highest BCUT2D eigenvalue weighted by molar-refractivity contribution is 6.02. The van der Waals surface area contributed by atoms with E-state index < -0.39 is 5.91 Å². The van der Waals surface area contributed by atoms with Gasteiger partial charge in [-0.05, 0) is 36.4 Å². The van der Waals surface area contributed by atoms with Crippen LogP contribution in [0.5, 0.6) is 5.75 Å². The lowest BCUT2D eigenvalue weighted by molar-refractivity contribution is -0.116. The second kappa shape index (κ2) is 9.23. The zero-order chi connectivity index (χ0) is 19.9. The number of amides is 2. The Bertz CT molecular complexity index is 815. The van der Waals surface area contributed by atoms with Gasteiger partial charge in [0.15, 0.2) is 0 Å². The number of primary amides is 1. The number of ether oxygens (including phenoxy) is 1. The van der Waals surface area contributed by atoms with Gasteiger partial charge in [0.2, 0.25) is 5.91 Å². The van der Waals surface area contributed by atoms with Crippen molar-refractivity contribution in [2.75, 3.05) is 50.1 Å². The Morgan fingerprint density at radius 1 is 1.04 bits per heavy atom. The lowest BCUT2D eigenvalue weighted by atomic mass is 10.1. The Morgan fingerprint density at radius 2 is 1.71 bits per heavy atom. The number of rotatable bonds is 7. The van der Waals surface area contributed by atoms with Gasteiger partial charge in [-0.2, -0.15) is 0 Å². The SMILES string of the molecule is COc1ccc(N2CCN(CCC(=O)Nc3ccccc3C(N)=O)CC2)cc1. The van der Waals surface area contributed by atoms with Gasteiger partial charge in [0.25, 0.3) is 5.91 Å². The van der Waals surface area contributed by atoms with Crippen LogP contribution in [0.2, 0.25) is 0 Å². The average Bonchev–Trinajstić information content (AvgIpc) is 2.73. The van der Waals surface area contributed by atoms with E-state index in [4.69, 9.17) is 10.5 Å². The zero-order valence-electron chi connectivity index (χ0n) is 16.1. The Balaban J connectivity index is 1.45. The first-order chi connectivity index (χ1) is 13.6. The molecule has 7 heteroatoms. The standard InChI is InChI=1S/C21H26N4O3/c1-28-17-8-6-16(7-9-17)25-14-12-24(13-15-25)11-10-20(26)23-19-5-3-2-4-18(19)21(22)27/h2-9H,10-15H2,1H3,(H2,22,27)(H,23,26). The van der Waals surface area contributed by atoms with Gasteiger partial charge in [0.1, 0.15) is 5.75 Å². The third kappa shape index (κ3) is 5.01. The van der Waals surface area contributed by atoms with Gasteiger partial charge in [0, 0.05) is 44.8 Å². The summed E-state index contributed by atoms with van der Waals surface area (Å²) < 4.78 is 5.20. The summed E-state index contributed by atoms with van der Waals surface area (Å²) in [5.41, 5.74) is 7.32. The van der Waals surface area contributed by atoms with Gasteiger partial charge in [-0.3, -0.25) is 14.5 Å². The van der Waals surface area contributed by atoms with Crippen LogP contribution in [0.25, 0.3) is 0 Å². The lowest BCUT2D eigenvalue weighted by Crippen LogP contribution is -2.47. The summed E-state index contributed by atoms with van der Waals surface area (Å²) in [6.45, 7) is 4.31. The van der Waals surface area contributed by atoms with Crippen molar-refractivity contribution in [1.82, 2.24) is 4.90 Å². The Kier molecular flexibility index (Phi) is 6.49. The zero-order valence-corrected chi connectivity index (χ0v) is 16.1. The summed E-state index contributed by atoms with van der Waals surface area (Å²) in [6.07, 6.45) is 0.371. The first kappa shape index (κ1) is 19.7. The molecule has 1 fully saturated rings. The molecule has 0 spiro atoms. The van der Waals surface area contributed by atoms with E-state index in [-0.39, 0.29) is 5.91 Å². The molecule has 0 atom stereocenters. The molecule has 1 aliphatic heterocycles. The molecule has 7 nitrogen and oxygen atoms in total. The maximum atomic E-state index is 12.3. The van der Waals surface area contributed by atoms with Crippen molar-refractivity contribution >= 4 is 23.2 Å². The molecule has 0 aromatic heterocycles. The van der Waals surface area contributed by atoms with E-state index in [0.29, 0.717) is 24.2 Å². The van der Waals surface area contributed by atoms with Crippen molar-refractivity contribution in [2.45, 2.75) is 6.42 Å². The fourth-order valence-corrected chi connectivity index (χ4v) is 3.30. The fourth-order valence-electron chi connectivity index (χ4n) is 3.30. The van der Waals surface area contributed by atoms with Crippen LogP contribution in [0.15, 0.2) is 48.5 Å². The summed E-state index contributed by atoms with van der Waals surface area (Å²) >= 11 is 0. The molecule has 0 unspecified atom stereocenters. The van der Waals surface area contributed by atoms with Gasteiger partial charge < -0.3 is 20.7 Å². The number of carbonyl (C=O) groups excluding carboxylic acids is 2. The minimum absolute atomic E-state index is 0.119. The van der Waals surface area contributed by atoms with Gasteiger partial charge in [-0.25, -0.2) is 0 Å². The normalized spacial score (nSPS) is 14.5. The molecule has 2 amide bonds. The number of para-hydroxylation sites is 1. The maximum absolute atomic E-state index is 12.3. The van der Waals surface area contributed by atoms with Gasteiger partial charge in [-0.15, -0.1) is 0 Å². The van der Waals surface area contributed by atoms with Crippen molar-refractivity contribution in [3.05, 3.63) is 54.1 Å². The van der Waals surface area contributed by atoms with E-state index in [1.165, 1.54) is 5.69 Å². The van der Waals surface area contributed by atoms with Crippen molar-refractivity contribution in [3.63, 3.8) is 0 Å². The third-order valence-electron chi connectivity index (χ3n) is 4.93. The summed E-state index contributed by atoms with van der Waals surface area (Å²) in [5, 5.41) is 2.79. The predicted molar refractivity (Wildman–Crippen MR) is 110 cm³/mol. The number of piperazine rings is 1. The largest absolute Gasteiger partial charge is 0.497 e. The number of anilines is 2. The van der Waals surface area contributed by atoms with E-state index in [2.05, 4.69) is 27.2 Å². The molecular weight excluding hydrogens is 356 g/mol. The van der Waals surface area contributed by atoms with Crippen LogP contribution in [0.1, 0.15) is 16.8 Å². The summed E-state index contributed by atoms with van der Waals surface area (Å²) in [4.78, 5) is 28.3. The number of nitrogens with zero attached hydrogens (tertiary/aromatic N) is 2. The minimum atomic E-state index is -0.550. The predicted octanol–water partition coefficient (Wildman–Crippen LogP) is 1.94. The smallest absolute Gasteiger partial charge is 0.250 e. The molecule has 3 N–H and O–H groups in total. The second-order valence-corrected chi connectivity index (χ2v) is 6.73. The van der Waals surface area contributed by atoms with Gasteiger partial charge in [-0.1, -0.05) is 12.1 Å². The Morgan fingerprint density at radius 3 is 2.36 bits per heavy atom. The lowest BCUT2D eigenvalue weighted by Gasteiger charge is -2.36. The molecule has 0 aliphatic carbocycles. The van der Waals surface area contributed by atoms with Crippen LogP contribution >= 0.6 is 0 Å². The van der Waals surface area contributed by atoms with Crippen molar-refractivity contribution in [3.8, 4) is 5.75 Å². The van der Waals surface area contributed by atoms with Crippen molar-refractivity contribution in [1.29, 1.82) is 0 Å². The maximum Gasteiger partial charge on any atom is 0.250 e. The summed E-state index contributed by atoms with van der Waals surface area (Å²) in [6, 6.07) is 14.8. The van der Waals surface area contributed by atoms with E-state index >= 15 is 0 Å². The highest BCUT2D eigenvalue weighted by Gasteiger charge is 2.18. The van der Waals surface area contributed by atoms with E-state index in [9.17, 15) is 9.59 Å². The van der Waals surface area contributed by atoms with Crippen molar-refractivity contribution < 1.29 is 14.3 Å². The van der Waals surface area contributed by atoms with Gasteiger partial charge >= 0.3 is 0 Å². The van der Waals surface area contributed by atoms with E-state index in [0.717, 1.165) is 31.9 Å². The highest BCUT2D eigenvalue weighted by Crippen LogP contribution is 2.20. The fraction of sp³-hybridized carbons (Fsp3) is 0.333. The monoisotopic (exact) mass is 382 g/mol. The molecular formula is C21H26N4O3. The average molecular weight is 382 g/mol. The molecule has 0 saturated carbocycles. The topological polar surface area (TPSA) is 87.9 Å². The van der Waals surface area contributed by atoms with Crippen LogP contribution in [-0.2, 0) is 4.79 Å². The minimum Gasteiger partial charge on any atom is -0.497 e. The molecule has 0 bridgehead atoms. The van der Waals surface area contributed by atoms with E-state index in [1.54, 1.807) is 31.4 Å². The van der Waals surface area contributed by atoms with Crippen LogP contribution in [0.4, 0.5) is 11.4 Å². The molecule has 0 radical (unpaired) electrons. The van der Waals surface area contributed by atoms with Crippen LogP contribution < -0.4 is 20.7 Å². The molecule has 1 aliphatic rings. The van der Waals surface area contributed by atoms with Crippen molar-refractivity contribution in [2.24, 2.45) is 5.73 Å². The molecule has 2 aromatic rings. The quantitative estimate of drug-likeness (QED) is 0.764. The highest BCUT2D eigenvalue weighted by atomic mass is 16.5. The van der Waals surface area contributed by atoms with Gasteiger partial charge in [0.05, 0.1) is 18.4 Å². The Labute approximate surface area is 165 Å². The molecule has 2 aromatic carbocycles. The van der Waals surface area contributed by atoms with Crippen LogP contribution in [-0.4, -0.2) is 56.5 Å². The first-order valence-corrected chi connectivity index (χ1v) is 9.37. The number of carbonyl (C=O) groups is 2. The first-order valence-electron chi connectivity index (χ1n) is 9.37.